The molecule has 0 bridgehead atoms. The van der Waals surface area contributed by atoms with E-state index >= 15 is 0 Å². The number of fused-ring (bicyclic) bond motifs is 1. The van der Waals surface area contributed by atoms with Crippen LogP contribution in [0, 0.1) is 17.7 Å². The van der Waals surface area contributed by atoms with Crippen molar-refractivity contribution in [3.05, 3.63) is 89.5 Å². The topological polar surface area (TPSA) is 80.3 Å². The molecule has 0 aliphatic heterocycles. The van der Waals surface area contributed by atoms with Crippen molar-refractivity contribution in [1.82, 2.24) is 15.0 Å². The second kappa shape index (κ2) is 12.6. The number of pyridine rings is 1. The van der Waals surface area contributed by atoms with Crippen molar-refractivity contribution in [3.63, 3.8) is 0 Å². The number of sulfonamides is 1. The minimum absolute atomic E-state index is 0.276. The summed E-state index contributed by atoms with van der Waals surface area (Å²) in [4.78, 5) is 4.05. The molecular weight excluding hydrogens is 513 g/mol. The standard InChI is InChI=1S/C31H38FN3O3S/c1-38-26-13-14-27-25(18-26)12-15-30(28(27)17-24-5-4-16-33-19-24)34-20-22-8-10-23(11-9-22)21-35-39(36,37)31-7-3-2-6-29(31)32/h2-7,13-14,16,18-19,22-23,28,30,34-35H,8-12,15,17,20-21H2,1H3/t22?,23?,28-,30+/m0/s1. The van der Waals surface area contributed by atoms with Gasteiger partial charge in [-0.25, -0.2) is 17.5 Å². The van der Waals surface area contributed by atoms with Crippen LogP contribution in [0.25, 0.3) is 0 Å². The Morgan fingerprint density at radius 3 is 2.46 bits per heavy atom. The lowest BCUT2D eigenvalue weighted by Crippen LogP contribution is -2.42. The van der Waals surface area contributed by atoms with Gasteiger partial charge < -0.3 is 10.1 Å². The number of hydrogen-bond donors (Lipinski definition) is 2. The summed E-state index contributed by atoms with van der Waals surface area (Å²) in [5, 5.41) is 3.93. The molecule has 0 amide bonds. The minimum atomic E-state index is -3.84. The average Bonchev–Trinajstić information content (AvgIpc) is 2.96. The van der Waals surface area contributed by atoms with Crippen molar-refractivity contribution < 1.29 is 17.5 Å². The van der Waals surface area contributed by atoms with Crippen LogP contribution in [0.4, 0.5) is 4.39 Å². The van der Waals surface area contributed by atoms with Gasteiger partial charge in [-0.1, -0.05) is 24.3 Å². The van der Waals surface area contributed by atoms with Crippen molar-refractivity contribution in [3.8, 4) is 5.75 Å². The highest BCUT2D eigenvalue weighted by Gasteiger charge is 2.31. The molecule has 8 heteroatoms. The Labute approximate surface area is 231 Å². The highest BCUT2D eigenvalue weighted by molar-refractivity contribution is 7.89. The van der Waals surface area contributed by atoms with Crippen LogP contribution in [0.15, 0.2) is 71.9 Å². The number of hydrogen-bond acceptors (Lipinski definition) is 5. The van der Waals surface area contributed by atoms with Crippen LogP contribution < -0.4 is 14.8 Å². The number of halogens is 1. The van der Waals surface area contributed by atoms with E-state index in [1.807, 2.05) is 18.5 Å². The molecule has 2 aliphatic rings. The maximum atomic E-state index is 14.0. The molecule has 3 aromatic rings. The summed E-state index contributed by atoms with van der Waals surface area (Å²) in [6.45, 7) is 1.32. The van der Waals surface area contributed by atoms with Gasteiger partial charge in [0.15, 0.2) is 0 Å². The molecule has 2 atom stereocenters. The highest BCUT2D eigenvalue weighted by Crippen LogP contribution is 2.37. The molecule has 1 fully saturated rings. The Balaban J connectivity index is 1.16. The number of rotatable bonds is 10. The molecule has 0 radical (unpaired) electrons. The third kappa shape index (κ3) is 6.86. The van der Waals surface area contributed by atoms with Crippen molar-refractivity contribution >= 4 is 10.0 Å². The van der Waals surface area contributed by atoms with E-state index in [1.54, 1.807) is 13.2 Å². The lowest BCUT2D eigenvalue weighted by Gasteiger charge is -2.37. The minimum Gasteiger partial charge on any atom is -0.497 e. The second-order valence-corrected chi connectivity index (χ2v) is 12.7. The third-order valence-corrected chi connectivity index (χ3v) is 9.92. The Bertz CT molecular complexity index is 1340. The normalized spacial score (nSPS) is 23.2. The van der Waals surface area contributed by atoms with Crippen LogP contribution in [0.1, 0.15) is 54.7 Å². The molecule has 2 aromatic carbocycles. The fraction of sp³-hybridized carbons (Fsp3) is 0.452. The number of aromatic nitrogens is 1. The van der Waals surface area contributed by atoms with E-state index < -0.39 is 15.8 Å². The summed E-state index contributed by atoms with van der Waals surface area (Å²) in [6, 6.07) is 16.6. The van der Waals surface area contributed by atoms with Gasteiger partial charge in [-0.3, -0.25) is 4.98 Å². The van der Waals surface area contributed by atoms with E-state index in [9.17, 15) is 12.8 Å². The van der Waals surface area contributed by atoms with Crippen molar-refractivity contribution in [2.24, 2.45) is 11.8 Å². The van der Waals surface area contributed by atoms with Crippen LogP contribution in [0.5, 0.6) is 5.75 Å². The molecule has 1 heterocycles. The first-order valence-corrected chi connectivity index (χ1v) is 15.4. The highest BCUT2D eigenvalue weighted by atomic mass is 32.2. The first-order valence-electron chi connectivity index (χ1n) is 14.0. The number of ether oxygens (including phenoxy) is 1. The average molecular weight is 552 g/mol. The summed E-state index contributed by atoms with van der Waals surface area (Å²) in [5.74, 6) is 1.41. The van der Waals surface area contributed by atoms with Gasteiger partial charge in [0.1, 0.15) is 16.5 Å². The van der Waals surface area contributed by atoms with Gasteiger partial charge >= 0.3 is 0 Å². The summed E-state index contributed by atoms with van der Waals surface area (Å²) in [6.07, 6.45) is 10.9. The molecule has 2 N–H and O–H groups in total. The van der Waals surface area contributed by atoms with E-state index in [0.717, 1.165) is 57.2 Å². The Hall–Kier alpha value is -2.81. The van der Waals surface area contributed by atoms with E-state index in [1.165, 1.54) is 34.9 Å². The van der Waals surface area contributed by atoms with Crippen LogP contribution in [-0.2, 0) is 22.9 Å². The van der Waals surface area contributed by atoms with Gasteiger partial charge in [0.2, 0.25) is 10.0 Å². The SMILES string of the molecule is COc1ccc2c(c1)CC[C@@H](NCC1CCC(CNS(=O)(=O)c3ccccc3F)CC1)[C@H]2Cc1cccnc1. The maximum Gasteiger partial charge on any atom is 0.243 e. The molecule has 6 nitrogen and oxygen atoms in total. The molecule has 1 saturated carbocycles. The van der Waals surface area contributed by atoms with Gasteiger partial charge in [-0.15, -0.1) is 0 Å². The van der Waals surface area contributed by atoms with Crippen LogP contribution in [0.3, 0.4) is 0 Å². The van der Waals surface area contributed by atoms with Gasteiger partial charge in [-0.2, -0.15) is 0 Å². The predicted molar refractivity (Wildman–Crippen MR) is 151 cm³/mol. The Morgan fingerprint density at radius 2 is 1.74 bits per heavy atom. The van der Waals surface area contributed by atoms with Crippen molar-refractivity contribution in [2.45, 2.75) is 61.8 Å². The molecule has 2 aliphatic carbocycles. The number of nitrogens with one attached hydrogen (secondary N) is 2. The maximum absolute atomic E-state index is 14.0. The Morgan fingerprint density at radius 1 is 0.974 bits per heavy atom. The molecule has 39 heavy (non-hydrogen) atoms. The zero-order valence-corrected chi connectivity index (χ0v) is 23.3. The number of benzene rings is 2. The fourth-order valence-corrected chi connectivity index (χ4v) is 7.40. The first kappa shape index (κ1) is 27.7. The smallest absolute Gasteiger partial charge is 0.243 e. The van der Waals surface area contributed by atoms with Crippen LogP contribution in [-0.4, -0.2) is 39.6 Å². The molecule has 0 saturated heterocycles. The van der Waals surface area contributed by atoms with Gasteiger partial charge in [0.25, 0.3) is 0 Å². The summed E-state index contributed by atoms with van der Waals surface area (Å²) >= 11 is 0. The molecule has 1 aromatic heterocycles. The lowest BCUT2D eigenvalue weighted by atomic mass is 9.75. The molecular formula is C31H38FN3O3S. The van der Waals surface area contributed by atoms with E-state index in [4.69, 9.17) is 4.74 Å². The van der Waals surface area contributed by atoms with Gasteiger partial charge in [-0.05, 0) is 110 Å². The van der Waals surface area contributed by atoms with E-state index in [0.29, 0.717) is 24.4 Å². The van der Waals surface area contributed by atoms with Crippen molar-refractivity contribution in [2.75, 3.05) is 20.2 Å². The molecule has 0 spiro atoms. The van der Waals surface area contributed by atoms with Gasteiger partial charge in [0, 0.05) is 30.9 Å². The molecule has 0 unspecified atom stereocenters. The predicted octanol–water partition coefficient (Wildman–Crippen LogP) is 5.24. The first-order chi connectivity index (χ1) is 18.9. The number of nitrogens with zero attached hydrogens (tertiary/aromatic N) is 1. The number of aryl methyl sites for hydroxylation is 1. The number of methoxy groups -OCH3 is 1. The van der Waals surface area contributed by atoms with E-state index in [-0.39, 0.29) is 10.8 Å². The van der Waals surface area contributed by atoms with Crippen LogP contribution in [0.2, 0.25) is 0 Å². The summed E-state index contributed by atoms with van der Waals surface area (Å²) in [7, 11) is -2.12. The molecule has 208 valence electrons. The summed E-state index contributed by atoms with van der Waals surface area (Å²) < 4.78 is 47.2. The third-order valence-electron chi connectivity index (χ3n) is 8.46. The zero-order valence-electron chi connectivity index (χ0n) is 22.5. The largest absolute Gasteiger partial charge is 0.497 e. The summed E-state index contributed by atoms with van der Waals surface area (Å²) in [5.41, 5.74) is 4.02. The monoisotopic (exact) mass is 551 g/mol. The Kier molecular flexibility index (Phi) is 8.95. The van der Waals surface area contributed by atoms with E-state index in [2.05, 4.69) is 39.3 Å². The van der Waals surface area contributed by atoms with Crippen molar-refractivity contribution in [1.29, 1.82) is 0 Å². The van der Waals surface area contributed by atoms with Crippen LogP contribution >= 0.6 is 0 Å². The second-order valence-electron chi connectivity index (χ2n) is 11.0. The molecule has 5 rings (SSSR count). The quantitative estimate of drug-likeness (QED) is 0.360. The van der Waals surface area contributed by atoms with Gasteiger partial charge in [0.05, 0.1) is 7.11 Å². The zero-order chi connectivity index (χ0) is 27.2. The lowest BCUT2D eigenvalue weighted by molar-refractivity contribution is 0.252. The fourth-order valence-electron chi connectivity index (χ4n) is 6.21.